The van der Waals surface area contributed by atoms with Gasteiger partial charge in [-0.3, -0.25) is 0 Å². The maximum Gasteiger partial charge on any atom is 0.126 e. The lowest BCUT2D eigenvalue weighted by Crippen LogP contribution is -2.24. The summed E-state index contributed by atoms with van der Waals surface area (Å²) in [5.41, 5.74) is 1.82. The van der Waals surface area contributed by atoms with Crippen molar-refractivity contribution >= 4 is 0 Å². The molecule has 0 saturated heterocycles. The van der Waals surface area contributed by atoms with Crippen LogP contribution in [0.2, 0.25) is 0 Å². The summed E-state index contributed by atoms with van der Waals surface area (Å²) in [7, 11) is 0. The number of aliphatic hydroxyl groups is 1. The molecule has 1 unspecified atom stereocenters. The van der Waals surface area contributed by atoms with Crippen molar-refractivity contribution in [2.75, 3.05) is 0 Å². The second-order valence-electron chi connectivity index (χ2n) is 3.20. The fraction of sp³-hybridized carbons (Fsp3) is 1.00. The van der Waals surface area contributed by atoms with Crippen LogP contribution in [-0.2, 0) is 0 Å². The number of hydrogen-bond acceptors (Lipinski definition) is 3. The Morgan fingerprint density at radius 2 is 1.67 bits per heavy atom. The van der Waals surface area contributed by atoms with Gasteiger partial charge in [0.15, 0.2) is 0 Å². The van der Waals surface area contributed by atoms with Gasteiger partial charge < -0.3 is 10.3 Å². The molecule has 0 amide bonds. The zero-order valence-electron chi connectivity index (χ0n) is 7.92. The summed E-state index contributed by atoms with van der Waals surface area (Å²) in [6.45, 7) is 2.19. The lowest BCUT2D eigenvalue weighted by molar-refractivity contribution is -0.00393. The predicted octanol–water partition coefficient (Wildman–Crippen LogP) is 2.03. The zero-order chi connectivity index (χ0) is 9.23. The average molecular weight is 175 g/mol. The van der Waals surface area contributed by atoms with Gasteiger partial charge in [-0.2, -0.15) is 5.48 Å². The normalized spacial score (nSPS) is 13.2. The topological polar surface area (TPSA) is 52.5 Å². The van der Waals surface area contributed by atoms with Crippen molar-refractivity contribution in [1.82, 2.24) is 5.48 Å². The minimum atomic E-state index is -0.740. The first kappa shape index (κ1) is 11.9. The molecule has 0 spiro atoms. The summed E-state index contributed by atoms with van der Waals surface area (Å²) < 4.78 is 0. The van der Waals surface area contributed by atoms with E-state index >= 15 is 0 Å². The molecule has 74 valence electrons. The molecule has 0 bridgehead atoms. The molecular formula is C9H21NO2. The number of nitrogens with one attached hydrogen (secondary N) is 1. The van der Waals surface area contributed by atoms with Crippen LogP contribution in [0.3, 0.4) is 0 Å². The Kier molecular flexibility index (Phi) is 8.88. The van der Waals surface area contributed by atoms with Crippen molar-refractivity contribution in [2.45, 2.75) is 58.1 Å². The lowest BCUT2D eigenvalue weighted by Gasteiger charge is -2.06. The number of aliphatic hydroxyl groups excluding tert-OH is 1. The van der Waals surface area contributed by atoms with E-state index in [9.17, 15) is 0 Å². The summed E-state index contributed by atoms with van der Waals surface area (Å²) in [6.07, 6.45) is 7.14. The number of rotatable bonds is 8. The standard InChI is InChI=1S/C9H21NO2/c1-2-3-4-5-6-7-8-9(11)10-12/h9-12H,2-8H2,1H3. The molecule has 1 atom stereocenters. The van der Waals surface area contributed by atoms with Gasteiger partial charge in [0, 0.05) is 0 Å². The van der Waals surface area contributed by atoms with E-state index in [-0.39, 0.29) is 0 Å². The second kappa shape index (κ2) is 8.97. The van der Waals surface area contributed by atoms with Gasteiger partial charge in [0.2, 0.25) is 0 Å². The average Bonchev–Trinajstić information content (AvgIpc) is 2.10. The second-order valence-corrected chi connectivity index (χ2v) is 3.20. The van der Waals surface area contributed by atoms with Crippen LogP contribution < -0.4 is 5.48 Å². The Labute approximate surface area is 74.8 Å². The van der Waals surface area contributed by atoms with Gasteiger partial charge >= 0.3 is 0 Å². The van der Waals surface area contributed by atoms with E-state index in [1.807, 2.05) is 5.48 Å². The van der Waals surface area contributed by atoms with E-state index in [0.29, 0.717) is 6.42 Å². The molecule has 0 aromatic carbocycles. The first-order chi connectivity index (χ1) is 5.81. The van der Waals surface area contributed by atoms with Crippen LogP contribution in [0.1, 0.15) is 51.9 Å². The zero-order valence-corrected chi connectivity index (χ0v) is 7.92. The van der Waals surface area contributed by atoms with Crippen LogP contribution in [0.25, 0.3) is 0 Å². The monoisotopic (exact) mass is 175 g/mol. The molecule has 0 aromatic heterocycles. The Morgan fingerprint density at radius 3 is 2.25 bits per heavy atom. The van der Waals surface area contributed by atoms with Crippen LogP contribution in [0.15, 0.2) is 0 Å². The molecule has 0 radical (unpaired) electrons. The molecule has 0 saturated carbocycles. The van der Waals surface area contributed by atoms with Crippen LogP contribution >= 0.6 is 0 Å². The van der Waals surface area contributed by atoms with Gasteiger partial charge in [-0.15, -0.1) is 0 Å². The molecule has 3 N–H and O–H groups in total. The molecule has 12 heavy (non-hydrogen) atoms. The third-order valence-corrected chi connectivity index (χ3v) is 1.98. The minimum absolute atomic E-state index is 0.641. The van der Waals surface area contributed by atoms with Crippen molar-refractivity contribution in [3.05, 3.63) is 0 Å². The molecule has 3 heteroatoms. The summed E-state index contributed by atoms with van der Waals surface area (Å²) in [4.78, 5) is 0. The smallest absolute Gasteiger partial charge is 0.126 e. The molecule has 0 fully saturated rings. The van der Waals surface area contributed by atoms with Crippen molar-refractivity contribution in [3.8, 4) is 0 Å². The number of hydrogen-bond donors (Lipinski definition) is 3. The van der Waals surface area contributed by atoms with Crippen LogP contribution in [0.5, 0.6) is 0 Å². The Balaban J connectivity index is 2.90. The van der Waals surface area contributed by atoms with Gasteiger partial charge in [-0.1, -0.05) is 39.0 Å². The highest BCUT2D eigenvalue weighted by atomic mass is 16.5. The Morgan fingerprint density at radius 1 is 1.08 bits per heavy atom. The molecule has 3 nitrogen and oxygen atoms in total. The SMILES string of the molecule is CCCCCCCCC(O)NO. The van der Waals surface area contributed by atoms with E-state index in [0.717, 1.165) is 12.8 Å². The highest BCUT2D eigenvalue weighted by Gasteiger charge is 1.99. The van der Waals surface area contributed by atoms with E-state index in [4.69, 9.17) is 10.3 Å². The molecule has 0 aliphatic rings. The summed E-state index contributed by atoms with van der Waals surface area (Å²) in [6, 6.07) is 0. The van der Waals surface area contributed by atoms with E-state index in [2.05, 4.69) is 6.92 Å². The highest BCUT2D eigenvalue weighted by Crippen LogP contribution is 2.07. The number of hydroxylamine groups is 1. The van der Waals surface area contributed by atoms with Crippen molar-refractivity contribution < 1.29 is 10.3 Å². The Bertz CT molecular complexity index is 88.6. The van der Waals surface area contributed by atoms with E-state index < -0.39 is 6.23 Å². The van der Waals surface area contributed by atoms with Gasteiger partial charge in [0.25, 0.3) is 0 Å². The van der Waals surface area contributed by atoms with Crippen molar-refractivity contribution in [3.63, 3.8) is 0 Å². The van der Waals surface area contributed by atoms with Crippen molar-refractivity contribution in [1.29, 1.82) is 0 Å². The fourth-order valence-electron chi connectivity index (χ4n) is 1.18. The molecule has 0 rings (SSSR count). The van der Waals surface area contributed by atoms with E-state index in [1.165, 1.54) is 25.7 Å². The summed E-state index contributed by atoms with van der Waals surface area (Å²) in [5, 5.41) is 17.2. The molecule has 0 heterocycles. The van der Waals surface area contributed by atoms with Crippen LogP contribution in [0, 0.1) is 0 Å². The molecule has 0 aliphatic heterocycles. The van der Waals surface area contributed by atoms with E-state index in [1.54, 1.807) is 0 Å². The van der Waals surface area contributed by atoms with Gasteiger partial charge in [0.05, 0.1) is 0 Å². The third-order valence-electron chi connectivity index (χ3n) is 1.98. The lowest BCUT2D eigenvalue weighted by atomic mass is 10.1. The van der Waals surface area contributed by atoms with Crippen LogP contribution in [0.4, 0.5) is 0 Å². The number of unbranched alkanes of at least 4 members (excludes halogenated alkanes) is 5. The highest BCUT2D eigenvalue weighted by molar-refractivity contribution is 4.48. The fourth-order valence-corrected chi connectivity index (χ4v) is 1.18. The molecular weight excluding hydrogens is 154 g/mol. The van der Waals surface area contributed by atoms with Gasteiger partial charge in [0.1, 0.15) is 6.23 Å². The quantitative estimate of drug-likeness (QED) is 0.300. The van der Waals surface area contributed by atoms with Crippen LogP contribution in [-0.4, -0.2) is 16.5 Å². The predicted molar refractivity (Wildman–Crippen MR) is 48.9 cm³/mol. The van der Waals surface area contributed by atoms with Gasteiger partial charge in [-0.25, -0.2) is 0 Å². The molecule has 0 aliphatic carbocycles. The van der Waals surface area contributed by atoms with Crippen molar-refractivity contribution in [2.24, 2.45) is 0 Å². The summed E-state index contributed by atoms with van der Waals surface area (Å²) >= 11 is 0. The maximum atomic E-state index is 8.90. The first-order valence-electron chi connectivity index (χ1n) is 4.89. The molecule has 0 aromatic rings. The minimum Gasteiger partial charge on any atom is -0.377 e. The maximum absolute atomic E-state index is 8.90. The third kappa shape index (κ3) is 7.98. The first-order valence-corrected chi connectivity index (χ1v) is 4.89. The summed E-state index contributed by atoms with van der Waals surface area (Å²) in [5.74, 6) is 0. The largest absolute Gasteiger partial charge is 0.377 e. The Hall–Kier alpha value is -0.120. The van der Waals surface area contributed by atoms with Gasteiger partial charge in [-0.05, 0) is 12.8 Å².